The molecule has 0 unspecified atom stereocenters. The van der Waals surface area contributed by atoms with Crippen LogP contribution in [0.25, 0.3) is 0 Å². The van der Waals surface area contributed by atoms with Gasteiger partial charge in [-0.1, -0.05) is 38.8 Å². The standard InChI is InChI=1S/C19H14BrClFN5O3/c1-9-2-4-11(7-12(9)21)27-18(29)16-17(19(27)30)26(25-24-16)8-15(28)23-14-5-3-10(20)6-13(14)22/h2-7,16-17H,8H2,1H3,(H,23,28)/t16-,17+/m0/s1. The van der Waals surface area contributed by atoms with Crippen LogP contribution in [0.3, 0.4) is 0 Å². The number of rotatable bonds is 4. The van der Waals surface area contributed by atoms with Gasteiger partial charge in [-0.25, -0.2) is 9.29 Å². The lowest BCUT2D eigenvalue weighted by atomic mass is 10.1. The van der Waals surface area contributed by atoms with E-state index >= 15 is 0 Å². The Labute approximate surface area is 183 Å². The van der Waals surface area contributed by atoms with Gasteiger partial charge in [-0.15, -0.1) is 0 Å². The van der Waals surface area contributed by atoms with Crippen molar-refractivity contribution in [1.29, 1.82) is 0 Å². The lowest BCUT2D eigenvalue weighted by molar-refractivity contribution is -0.123. The van der Waals surface area contributed by atoms with Crippen LogP contribution >= 0.6 is 27.5 Å². The molecule has 0 saturated carbocycles. The quantitative estimate of drug-likeness (QED) is 0.659. The molecule has 2 atom stereocenters. The van der Waals surface area contributed by atoms with E-state index in [1.807, 2.05) is 0 Å². The van der Waals surface area contributed by atoms with Crippen LogP contribution in [0.2, 0.25) is 5.02 Å². The number of fused-ring (bicyclic) bond motifs is 1. The fourth-order valence-corrected chi connectivity index (χ4v) is 3.76. The predicted molar refractivity (Wildman–Crippen MR) is 111 cm³/mol. The second kappa shape index (κ2) is 7.77. The first-order valence-electron chi connectivity index (χ1n) is 8.82. The first kappa shape index (κ1) is 20.4. The van der Waals surface area contributed by atoms with E-state index in [2.05, 4.69) is 31.6 Å². The molecule has 0 bridgehead atoms. The monoisotopic (exact) mass is 493 g/mol. The number of hydrogen-bond acceptors (Lipinski definition) is 6. The molecule has 0 aromatic heterocycles. The highest BCUT2D eigenvalue weighted by molar-refractivity contribution is 9.10. The molecule has 4 rings (SSSR count). The van der Waals surface area contributed by atoms with Crippen LogP contribution < -0.4 is 10.2 Å². The number of halogens is 3. The summed E-state index contributed by atoms with van der Waals surface area (Å²) in [4.78, 5) is 39.0. The maximum Gasteiger partial charge on any atom is 0.263 e. The van der Waals surface area contributed by atoms with Crippen LogP contribution in [-0.2, 0) is 14.4 Å². The molecule has 8 nitrogen and oxygen atoms in total. The molecule has 154 valence electrons. The van der Waals surface area contributed by atoms with Crippen molar-refractivity contribution < 1.29 is 18.8 Å². The minimum absolute atomic E-state index is 0.0133. The summed E-state index contributed by atoms with van der Waals surface area (Å²) in [7, 11) is 0. The van der Waals surface area contributed by atoms with Crippen molar-refractivity contribution in [2.75, 3.05) is 16.8 Å². The largest absolute Gasteiger partial charge is 0.322 e. The van der Waals surface area contributed by atoms with Crippen molar-refractivity contribution in [2.24, 2.45) is 10.3 Å². The Morgan fingerprint density at radius 2 is 2.00 bits per heavy atom. The molecule has 2 aromatic rings. The lowest BCUT2D eigenvalue weighted by Gasteiger charge is -2.20. The Kier molecular flexibility index (Phi) is 5.29. The number of anilines is 2. The molecule has 1 N–H and O–H groups in total. The maximum atomic E-state index is 13.9. The third-order valence-corrected chi connectivity index (χ3v) is 5.68. The molecular weight excluding hydrogens is 481 g/mol. The average molecular weight is 495 g/mol. The second-order valence-electron chi connectivity index (χ2n) is 6.81. The normalized spacial score (nSPS) is 20.1. The first-order valence-corrected chi connectivity index (χ1v) is 9.99. The van der Waals surface area contributed by atoms with Crippen LogP contribution in [0.1, 0.15) is 5.56 Å². The number of nitrogens with zero attached hydrogens (tertiary/aromatic N) is 4. The van der Waals surface area contributed by atoms with E-state index in [0.29, 0.717) is 15.2 Å². The molecule has 3 amide bonds. The van der Waals surface area contributed by atoms with Gasteiger partial charge in [0.15, 0.2) is 12.1 Å². The van der Waals surface area contributed by atoms with E-state index in [1.54, 1.807) is 25.1 Å². The molecule has 1 fully saturated rings. The number of aryl methyl sites for hydroxylation is 1. The topological polar surface area (TPSA) is 94.4 Å². The van der Waals surface area contributed by atoms with Gasteiger partial charge in [-0.3, -0.25) is 19.4 Å². The van der Waals surface area contributed by atoms with Gasteiger partial charge in [0.2, 0.25) is 5.91 Å². The van der Waals surface area contributed by atoms with Gasteiger partial charge < -0.3 is 5.32 Å². The van der Waals surface area contributed by atoms with Gasteiger partial charge >= 0.3 is 0 Å². The molecule has 0 radical (unpaired) electrons. The minimum Gasteiger partial charge on any atom is -0.322 e. The Bertz CT molecular complexity index is 1110. The molecule has 1 saturated heterocycles. The third-order valence-electron chi connectivity index (χ3n) is 4.78. The summed E-state index contributed by atoms with van der Waals surface area (Å²) < 4.78 is 14.5. The molecule has 0 spiro atoms. The number of hydrogen-bond donors (Lipinski definition) is 1. The molecule has 2 aromatic carbocycles. The third kappa shape index (κ3) is 3.56. The van der Waals surface area contributed by atoms with Gasteiger partial charge in [0, 0.05) is 9.50 Å². The molecule has 30 heavy (non-hydrogen) atoms. The van der Waals surface area contributed by atoms with Crippen LogP contribution in [0.15, 0.2) is 51.2 Å². The average Bonchev–Trinajstić information content (AvgIpc) is 3.20. The van der Waals surface area contributed by atoms with E-state index in [-0.39, 0.29) is 12.2 Å². The van der Waals surface area contributed by atoms with Crippen molar-refractivity contribution in [3.8, 4) is 0 Å². The number of carbonyl (C=O) groups is 3. The Hall–Kier alpha value is -2.85. The summed E-state index contributed by atoms with van der Waals surface area (Å²) in [6.45, 7) is 1.43. The fraction of sp³-hybridized carbons (Fsp3) is 0.211. The van der Waals surface area contributed by atoms with Crippen LogP contribution in [-0.4, -0.2) is 41.4 Å². The number of benzene rings is 2. The summed E-state index contributed by atoms with van der Waals surface area (Å²) in [5.74, 6) is -2.32. The van der Waals surface area contributed by atoms with Crippen molar-refractivity contribution >= 4 is 56.6 Å². The smallest absolute Gasteiger partial charge is 0.263 e. The second-order valence-corrected chi connectivity index (χ2v) is 8.13. The summed E-state index contributed by atoms with van der Waals surface area (Å²) >= 11 is 9.26. The predicted octanol–water partition coefficient (Wildman–Crippen LogP) is 3.48. The van der Waals surface area contributed by atoms with Gasteiger partial charge in [0.05, 0.1) is 11.4 Å². The highest BCUT2D eigenvalue weighted by Crippen LogP contribution is 2.33. The van der Waals surface area contributed by atoms with Crippen LogP contribution in [0.5, 0.6) is 0 Å². The molecule has 0 aliphatic carbocycles. The minimum atomic E-state index is -1.05. The van der Waals surface area contributed by atoms with Crippen LogP contribution in [0, 0.1) is 12.7 Å². The van der Waals surface area contributed by atoms with Gasteiger partial charge in [0.1, 0.15) is 12.4 Å². The van der Waals surface area contributed by atoms with E-state index in [4.69, 9.17) is 11.6 Å². The number of nitrogens with one attached hydrogen (secondary N) is 1. The van der Waals surface area contributed by atoms with Crippen LogP contribution in [0.4, 0.5) is 15.8 Å². The highest BCUT2D eigenvalue weighted by Gasteiger charge is 2.55. The zero-order valence-electron chi connectivity index (χ0n) is 15.5. The summed E-state index contributed by atoms with van der Waals surface area (Å²) in [5, 5.41) is 11.6. The Balaban J connectivity index is 1.50. The van der Waals surface area contributed by atoms with Gasteiger partial charge in [-0.2, -0.15) is 5.11 Å². The Morgan fingerprint density at radius 1 is 1.23 bits per heavy atom. The van der Waals surface area contributed by atoms with E-state index in [0.717, 1.165) is 15.5 Å². The lowest BCUT2D eigenvalue weighted by Crippen LogP contribution is -2.43. The molecule has 11 heteroatoms. The number of carbonyl (C=O) groups excluding carboxylic acids is 3. The highest BCUT2D eigenvalue weighted by atomic mass is 79.9. The number of amides is 3. The van der Waals surface area contributed by atoms with Gasteiger partial charge in [-0.05, 0) is 42.8 Å². The SMILES string of the molecule is Cc1ccc(N2C(=O)[C@H]3N=NN(CC(=O)Nc4ccc(Br)cc4F)[C@H]3C2=O)cc1Cl. The Morgan fingerprint density at radius 3 is 2.70 bits per heavy atom. The van der Waals surface area contributed by atoms with Crippen molar-refractivity contribution in [3.05, 3.63) is 57.3 Å². The van der Waals surface area contributed by atoms with E-state index in [9.17, 15) is 18.8 Å². The van der Waals surface area contributed by atoms with Gasteiger partial charge in [0.25, 0.3) is 11.8 Å². The summed E-state index contributed by atoms with van der Waals surface area (Å²) in [6.07, 6.45) is 0. The summed E-state index contributed by atoms with van der Waals surface area (Å²) in [5.41, 5.74) is 1.12. The van der Waals surface area contributed by atoms with Crippen molar-refractivity contribution in [2.45, 2.75) is 19.0 Å². The first-order chi connectivity index (χ1) is 14.3. The summed E-state index contributed by atoms with van der Waals surface area (Å²) in [6, 6.07) is 6.94. The van der Waals surface area contributed by atoms with E-state index < -0.39 is 35.6 Å². The van der Waals surface area contributed by atoms with Crippen molar-refractivity contribution in [1.82, 2.24) is 5.01 Å². The molecular formula is C19H14BrClFN5O3. The number of imide groups is 1. The fourth-order valence-electron chi connectivity index (χ4n) is 3.26. The molecule has 2 aliphatic heterocycles. The maximum absolute atomic E-state index is 13.9. The molecule has 2 aliphatic rings. The zero-order chi connectivity index (χ0) is 21.6. The van der Waals surface area contributed by atoms with E-state index in [1.165, 1.54) is 18.2 Å². The molecule has 2 heterocycles. The zero-order valence-corrected chi connectivity index (χ0v) is 17.8. The van der Waals surface area contributed by atoms with Crippen molar-refractivity contribution in [3.63, 3.8) is 0 Å².